The second-order valence-corrected chi connectivity index (χ2v) is 5.26. The molecular formula is C9H8Br2ClNO2. The molecule has 0 saturated carbocycles. The summed E-state index contributed by atoms with van der Waals surface area (Å²) in [6.45, 7) is 1.58. The van der Waals surface area contributed by atoms with Crippen LogP contribution in [0.25, 0.3) is 0 Å². The van der Waals surface area contributed by atoms with Gasteiger partial charge in [0.15, 0.2) is 0 Å². The van der Waals surface area contributed by atoms with Crippen LogP contribution >= 0.6 is 43.5 Å². The van der Waals surface area contributed by atoms with Gasteiger partial charge in [-0.05, 0) is 50.9 Å². The first-order valence-corrected chi connectivity index (χ1v) is 6.07. The molecule has 0 aliphatic carbocycles. The molecule has 6 heteroatoms. The highest BCUT2D eigenvalue weighted by atomic mass is 79.9. The summed E-state index contributed by atoms with van der Waals surface area (Å²) in [5, 5.41) is 11.4. The fourth-order valence-corrected chi connectivity index (χ4v) is 2.12. The van der Waals surface area contributed by atoms with E-state index in [1.165, 1.54) is 0 Å². The van der Waals surface area contributed by atoms with Gasteiger partial charge >= 0.3 is 0 Å². The molecule has 0 radical (unpaired) electrons. The summed E-state index contributed by atoms with van der Waals surface area (Å²) >= 11 is 11.9. The topological polar surface area (TPSA) is 49.3 Å². The molecule has 0 bridgehead atoms. The van der Waals surface area contributed by atoms with Crippen molar-refractivity contribution in [3.8, 4) is 5.75 Å². The summed E-state index contributed by atoms with van der Waals surface area (Å²) in [5.41, 5.74) is 0.559. The summed E-state index contributed by atoms with van der Waals surface area (Å²) in [7, 11) is 0. The lowest BCUT2D eigenvalue weighted by Gasteiger charge is -2.08. The fraction of sp³-hybridized carbons (Fsp3) is 0.222. The Morgan fingerprint density at radius 1 is 1.47 bits per heavy atom. The number of nitrogens with one attached hydrogen (secondary N) is 1. The number of phenols is 1. The second kappa shape index (κ2) is 5.18. The first kappa shape index (κ1) is 12.8. The first-order valence-electron chi connectivity index (χ1n) is 4.04. The first-order chi connectivity index (χ1) is 6.91. The smallest absolute Gasteiger partial charge is 0.242 e. The fourth-order valence-electron chi connectivity index (χ4n) is 0.879. The van der Waals surface area contributed by atoms with Crippen molar-refractivity contribution in [2.75, 3.05) is 5.32 Å². The molecular weight excluding hydrogens is 349 g/mol. The highest BCUT2D eigenvalue weighted by Crippen LogP contribution is 2.35. The van der Waals surface area contributed by atoms with E-state index in [9.17, 15) is 9.90 Å². The Morgan fingerprint density at radius 2 is 1.93 bits per heavy atom. The molecule has 15 heavy (non-hydrogen) atoms. The normalized spacial score (nSPS) is 12.3. The minimum Gasteiger partial charge on any atom is -0.506 e. The molecule has 3 nitrogen and oxygen atoms in total. The molecule has 0 aliphatic heterocycles. The minimum absolute atomic E-state index is 0.0897. The monoisotopic (exact) mass is 355 g/mol. The highest BCUT2D eigenvalue weighted by Gasteiger charge is 2.11. The zero-order chi connectivity index (χ0) is 11.6. The number of benzene rings is 1. The zero-order valence-electron chi connectivity index (χ0n) is 7.72. The van der Waals surface area contributed by atoms with E-state index in [2.05, 4.69) is 37.2 Å². The predicted octanol–water partition coefficient (Wildman–Crippen LogP) is 3.48. The van der Waals surface area contributed by atoms with Gasteiger partial charge in [0.25, 0.3) is 0 Å². The quantitative estimate of drug-likeness (QED) is 0.629. The molecule has 0 aliphatic rings. The van der Waals surface area contributed by atoms with E-state index in [1.54, 1.807) is 19.1 Å². The minimum atomic E-state index is -0.601. The average molecular weight is 357 g/mol. The van der Waals surface area contributed by atoms with Gasteiger partial charge in [0.2, 0.25) is 5.91 Å². The number of halogens is 3. The van der Waals surface area contributed by atoms with Crippen molar-refractivity contribution < 1.29 is 9.90 Å². The molecule has 0 saturated heterocycles. The number of alkyl halides is 1. The van der Waals surface area contributed by atoms with Crippen molar-refractivity contribution in [2.24, 2.45) is 0 Å². The Morgan fingerprint density at radius 3 is 2.33 bits per heavy atom. The summed E-state index contributed by atoms with van der Waals surface area (Å²) < 4.78 is 0.990. The Kier molecular flexibility index (Phi) is 4.43. The maximum atomic E-state index is 11.3. The van der Waals surface area contributed by atoms with E-state index < -0.39 is 5.38 Å². The highest BCUT2D eigenvalue weighted by molar-refractivity contribution is 9.11. The van der Waals surface area contributed by atoms with Crippen LogP contribution in [0.5, 0.6) is 5.75 Å². The van der Waals surface area contributed by atoms with Crippen LogP contribution in [-0.2, 0) is 4.79 Å². The number of anilines is 1. The van der Waals surface area contributed by atoms with E-state index in [4.69, 9.17) is 11.6 Å². The second-order valence-electron chi connectivity index (χ2n) is 2.89. The summed E-state index contributed by atoms with van der Waals surface area (Å²) in [5.74, 6) is -0.201. The average Bonchev–Trinajstić information content (AvgIpc) is 2.13. The van der Waals surface area contributed by atoms with E-state index in [1.807, 2.05) is 0 Å². The van der Waals surface area contributed by atoms with Gasteiger partial charge < -0.3 is 10.4 Å². The molecule has 0 fully saturated rings. The van der Waals surface area contributed by atoms with E-state index in [0.29, 0.717) is 14.6 Å². The lowest BCUT2D eigenvalue weighted by Crippen LogP contribution is -2.20. The number of rotatable bonds is 2. The van der Waals surface area contributed by atoms with Crippen LogP contribution in [-0.4, -0.2) is 16.4 Å². The Bertz CT molecular complexity index is 373. The van der Waals surface area contributed by atoms with Crippen molar-refractivity contribution in [3.05, 3.63) is 21.1 Å². The van der Waals surface area contributed by atoms with Crippen LogP contribution in [0.2, 0.25) is 0 Å². The maximum absolute atomic E-state index is 11.3. The third kappa shape index (κ3) is 3.36. The molecule has 2 N–H and O–H groups in total. The summed E-state index contributed by atoms with van der Waals surface area (Å²) in [4.78, 5) is 11.3. The van der Waals surface area contributed by atoms with Gasteiger partial charge in [0.1, 0.15) is 11.1 Å². The van der Waals surface area contributed by atoms with Gasteiger partial charge in [0.05, 0.1) is 8.95 Å². The Hall–Kier alpha value is -0.260. The van der Waals surface area contributed by atoms with Crippen LogP contribution < -0.4 is 5.32 Å². The van der Waals surface area contributed by atoms with Gasteiger partial charge in [-0.15, -0.1) is 11.6 Å². The standard InChI is InChI=1S/C9H8Br2ClNO2/c1-4(12)9(15)13-5-2-6(10)8(14)7(11)3-5/h2-4,14H,1H3,(H,13,15). The molecule has 1 amide bonds. The van der Waals surface area contributed by atoms with E-state index in [0.717, 1.165) is 0 Å². The van der Waals surface area contributed by atoms with Crippen LogP contribution in [0.1, 0.15) is 6.92 Å². The van der Waals surface area contributed by atoms with Crippen molar-refractivity contribution in [1.29, 1.82) is 0 Å². The van der Waals surface area contributed by atoms with Gasteiger partial charge in [-0.25, -0.2) is 0 Å². The molecule has 1 aromatic carbocycles. The third-order valence-electron chi connectivity index (χ3n) is 1.65. The van der Waals surface area contributed by atoms with Crippen molar-refractivity contribution in [1.82, 2.24) is 0 Å². The van der Waals surface area contributed by atoms with Gasteiger partial charge in [-0.2, -0.15) is 0 Å². The molecule has 0 spiro atoms. The Balaban J connectivity index is 2.93. The molecule has 1 unspecified atom stereocenters. The molecule has 82 valence electrons. The summed E-state index contributed by atoms with van der Waals surface area (Å²) in [6.07, 6.45) is 0. The molecule has 1 aromatic rings. The van der Waals surface area contributed by atoms with Gasteiger partial charge in [0, 0.05) is 5.69 Å². The number of hydrogen-bond acceptors (Lipinski definition) is 2. The van der Waals surface area contributed by atoms with E-state index in [-0.39, 0.29) is 11.7 Å². The number of carbonyl (C=O) groups is 1. The van der Waals surface area contributed by atoms with Crippen molar-refractivity contribution in [3.63, 3.8) is 0 Å². The van der Waals surface area contributed by atoms with Crippen molar-refractivity contribution in [2.45, 2.75) is 12.3 Å². The largest absolute Gasteiger partial charge is 0.506 e. The lowest BCUT2D eigenvalue weighted by molar-refractivity contribution is -0.115. The number of amides is 1. The molecule has 0 aromatic heterocycles. The van der Waals surface area contributed by atoms with Crippen LogP contribution in [0, 0.1) is 0 Å². The van der Waals surface area contributed by atoms with Gasteiger partial charge in [-0.1, -0.05) is 0 Å². The maximum Gasteiger partial charge on any atom is 0.242 e. The molecule has 1 atom stereocenters. The predicted molar refractivity (Wildman–Crippen MR) is 67.5 cm³/mol. The third-order valence-corrected chi connectivity index (χ3v) is 3.05. The number of hydrogen-bond donors (Lipinski definition) is 2. The lowest BCUT2D eigenvalue weighted by atomic mass is 10.3. The zero-order valence-corrected chi connectivity index (χ0v) is 11.6. The van der Waals surface area contributed by atoms with Crippen molar-refractivity contribution >= 4 is 55.1 Å². The van der Waals surface area contributed by atoms with Crippen LogP contribution in [0.3, 0.4) is 0 Å². The summed E-state index contributed by atoms with van der Waals surface area (Å²) in [6, 6.07) is 3.19. The van der Waals surface area contributed by atoms with Crippen LogP contribution in [0.15, 0.2) is 21.1 Å². The Labute approximate surface area is 109 Å². The van der Waals surface area contributed by atoms with Crippen LogP contribution in [0.4, 0.5) is 5.69 Å². The van der Waals surface area contributed by atoms with Gasteiger partial charge in [-0.3, -0.25) is 4.79 Å². The number of aromatic hydroxyl groups is 1. The number of phenolic OH excluding ortho intramolecular Hbond substituents is 1. The molecule has 1 rings (SSSR count). The van der Waals surface area contributed by atoms with E-state index >= 15 is 0 Å². The number of carbonyl (C=O) groups excluding carboxylic acids is 1. The molecule has 0 heterocycles. The SMILES string of the molecule is CC(Cl)C(=O)Nc1cc(Br)c(O)c(Br)c1.